The van der Waals surface area contributed by atoms with E-state index in [0.717, 1.165) is 34.6 Å². The van der Waals surface area contributed by atoms with Gasteiger partial charge >= 0.3 is 0 Å². The molecule has 3 N–H and O–H groups in total. The van der Waals surface area contributed by atoms with Gasteiger partial charge in [-0.1, -0.05) is 55.2 Å². The van der Waals surface area contributed by atoms with Gasteiger partial charge in [0, 0.05) is 24.0 Å². The second kappa shape index (κ2) is 11.8. The van der Waals surface area contributed by atoms with Crippen LogP contribution in [0.1, 0.15) is 54.4 Å². The molecule has 0 radical (unpaired) electrons. The quantitative estimate of drug-likeness (QED) is 0.524. The molecule has 0 bridgehead atoms. The molecule has 3 rings (SSSR count). The van der Waals surface area contributed by atoms with Crippen molar-refractivity contribution in [2.45, 2.75) is 65.5 Å². The van der Waals surface area contributed by atoms with Gasteiger partial charge in [-0.05, 0) is 63.4 Å². The number of carbonyl (C=O) groups is 2. The monoisotopic (exact) mass is 450 g/mol. The van der Waals surface area contributed by atoms with Crippen molar-refractivity contribution in [1.82, 2.24) is 10.2 Å². The number of para-hydroxylation sites is 1. The van der Waals surface area contributed by atoms with Crippen LogP contribution in [0.25, 0.3) is 0 Å². The van der Waals surface area contributed by atoms with E-state index < -0.39 is 0 Å². The summed E-state index contributed by atoms with van der Waals surface area (Å²) in [4.78, 5) is 27.2. The third-order valence-corrected chi connectivity index (χ3v) is 6.46. The summed E-state index contributed by atoms with van der Waals surface area (Å²) in [6.45, 7) is 6.90. The molecule has 2 amide bonds. The summed E-state index contributed by atoms with van der Waals surface area (Å²) in [5.74, 6) is -0.439. The number of nitrogens with one attached hydrogen (secondary N) is 3. The molecule has 178 valence electrons. The van der Waals surface area contributed by atoms with E-state index in [-0.39, 0.29) is 24.9 Å². The fraction of sp³-hybridized carbons (Fsp3) is 0.481. The maximum Gasteiger partial charge on any atom is 0.243 e. The standard InChI is InChI=1S/C27H38N4O2/c1-19-14-20(2)27(21(3)15-19)30-26(33)17-29-25(32)16-28-24-13-9-8-10-22(24)18-31(4)23-11-6-5-7-12-23/h8-10,13-15,23,28H,5-7,11-12,16-18H2,1-4H3,(H,29,32)(H,30,33). The normalized spacial score (nSPS) is 14.2. The molecule has 2 aromatic carbocycles. The molecule has 1 saturated carbocycles. The lowest BCUT2D eigenvalue weighted by molar-refractivity contribution is -0.122. The molecule has 0 saturated heterocycles. The summed E-state index contributed by atoms with van der Waals surface area (Å²) in [7, 11) is 2.19. The smallest absolute Gasteiger partial charge is 0.243 e. The maximum absolute atomic E-state index is 12.4. The predicted octanol–water partition coefficient (Wildman–Crippen LogP) is 4.54. The molecule has 6 heteroatoms. The number of hydrogen-bond acceptors (Lipinski definition) is 4. The van der Waals surface area contributed by atoms with Gasteiger partial charge in [0.1, 0.15) is 0 Å². The van der Waals surface area contributed by atoms with Crippen LogP contribution in [-0.4, -0.2) is 42.9 Å². The van der Waals surface area contributed by atoms with Crippen LogP contribution in [0.2, 0.25) is 0 Å². The predicted molar refractivity (Wildman–Crippen MR) is 136 cm³/mol. The van der Waals surface area contributed by atoms with Gasteiger partial charge in [-0.3, -0.25) is 14.5 Å². The first kappa shape index (κ1) is 24.8. The molecule has 0 aliphatic heterocycles. The van der Waals surface area contributed by atoms with Crippen LogP contribution in [0, 0.1) is 20.8 Å². The minimum atomic E-state index is -0.229. The fourth-order valence-corrected chi connectivity index (χ4v) is 4.73. The SMILES string of the molecule is Cc1cc(C)c(NC(=O)CNC(=O)CNc2ccccc2CN(C)C2CCCCC2)c(C)c1. The highest BCUT2D eigenvalue weighted by Crippen LogP contribution is 2.25. The van der Waals surface area contributed by atoms with Crippen LogP contribution in [0.4, 0.5) is 11.4 Å². The number of nitrogens with zero attached hydrogens (tertiary/aromatic N) is 1. The van der Waals surface area contributed by atoms with Crippen LogP contribution in [0.5, 0.6) is 0 Å². The lowest BCUT2D eigenvalue weighted by Crippen LogP contribution is -2.36. The Hall–Kier alpha value is -2.86. The molecule has 0 atom stereocenters. The number of hydrogen-bond donors (Lipinski definition) is 3. The van der Waals surface area contributed by atoms with E-state index >= 15 is 0 Å². The molecule has 2 aromatic rings. The molecule has 0 aromatic heterocycles. The highest BCUT2D eigenvalue weighted by molar-refractivity contribution is 5.96. The topological polar surface area (TPSA) is 73.5 Å². The van der Waals surface area contributed by atoms with Gasteiger partial charge in [0.05, 0.1) is 13.1 Å². The molecule has 1 aliphatic carbocycles. The molecule has 0 spiro atoms. The Morgan fingerprint density at radius 3 is 2.30 bits per heavy atom. The van der Waals surface area contributed by atoms with Crippen LogP contribution < -0.4 is 16.0 Å². The van der Waals surface area contributed by atoms with E-state index in [4.69, 9.17) is 0 Å². The number of benzene rings is 2. The van der Waals surface area contributed by atoms with Gasteiger partial charge in [-0.2, -0.15) is 0 Å². The zero-order chi connectivity index (χ0) is 23.8. The Labute approximate surface area is 198 Å². The van der Waals surface area contributed by atoms with Crippen molar-refractivity contribution >= 4 is 23.2 Å². The van der Waals surface area contributed by atoms with Crippen LogP contribution in [-0.2, 0) is 16.1 Å². The van der Waals surface area contributed by atoms with Crippen molar-refractivity contribution in [1.29, 1.82) is 0 Å². The summed E-state index contributed by atoms with van der Waals surface area (Å²) in [5.41, 5.74) is 6.15. The van der Waals surface area contributed by atoms with Gasteiger partial charge in [0.25, 0.3) is 0 Å². The van der Waals surface area contributed by atoms with E-state index in [2.05, 4.69) is 34.0 Å². The lowest BCUT2D eigenvalue weighted by atomic mass is 9.94. The Morgan fingerprint density at radius 1 is 0.939 bits per heavy atom. The number of carbonyl (C=O) groups excluding carboxylic acids is 2. The molecule has 1 fully saturated rings. The number of amides is 2. The summed E-state index contributed by atoms with van der Waals surface area (Å²) in [5, 5.41) is 8.88. The van der Waals surface area contributed by atoms with Crippen molar-refractivity contribution in [2.24, 2.45) is 0 Å². The van der Waals surface area contributed by atoms with E-state index in [1.165, 1.54) is 37.7 Å². The number of aryl methyl sites for hydroxylation is 3. The Morgan fingerprint density at radius 2 is 1.61 bits per heavy atom. The molecule has 6 nitrogen and oxygen atoms in total. The number of rotatable bonds is 9. The zero-order valence-corrected chi connectivity index (χ0v) is 20.5. The van der Waals surface area contributed by atoms with Gasteiger partial charge < -0.3 is 16.0 Å². The maximum atomic E-state index is 12.4. The van der Waals surface area contributed by atoms with Gasteiger partial charge in [-0.15, -0.1) is 0 Å². The molecule has 0 heterocycles. The largest absolute Gasteiger partial charge is 0.376 e. The van der Waals surface area contributed by atoms with Crippen molar-refractivity contribution in [3.8, 4) is 0 Å². The third-order valence-electron chi connectivity index (χ3n) is 6.46. The van der Waals surface area contributed by atoms with Crippen LogP contribution in [0.15, 0.2) is 36.4 Å². The first-order valence-corrected chi connectivity index (χ1v) is 12.0. The molecule has 0 unspecified atom stereocenters. The third kappa shape index (κ3) is 7.32. The van der Waals surface area contributed by atoms with Crippen LogP contribution >= 0.6 is 0 Å². The van der Waals surface area contributed by atoms with Gasteiger partial charge in [0.2, 0.25) is 11.8 Å². The van der Waals surface area contributed by atoms with E-state index in [9.17, 15) is 9.59 Å². The molecular weight excluding hydrogens is 412 g/mol. The highest BCUT2D eigenvalue weighted by atomic mass is 16.2. The average Bonchev–Trinajstić information content (AvgIpc) is 2.80. The van der Waals surface area contributed by atoms with E-state index in [0.29, 0.717) is 6.04 Å². The zero-order valence-electron chi connectivity index (χ0n) is 20.5. The van der Waals surface area contributed by atoms with Crippen molar-refractivity contribution in [2.75, 3.05) is 30.8 Å². The highest BCUT2D eigenvalue weighted by Gasteiger charge is 2.19. The van der Waals surface area contributed by atoms with Gasteiger partial charge in [0.15, 0.2) is 0 Å². The molecule has 33 heavy (non-hydrogen) atoms. The van der Waals surface area contributed by atoms with E-state index in [1.54, 1.807) is 0 Å². The minimum Gasteiger partial charge on any atom is -0.376 e. The summed E-state index contributed by atoms with van der Waals surface area (Å²) in [6, 6.07) is 12.8. The molecular formula is C27H38N4O2. The lowest BCUT2D eigenvalue weighted by Gasteiger charge is -2.31. The van der Waals surface area contributed by atoms with E-state index in [1.807, 2.05) is 51.1 Å². The summed E-state index contributed by atoms with van der Waals surface area (Å²) < 4.78 is 0. The second-order valence-corrected chi connectivity index (χ2v) is 9.32. The Kier molecular flexibility index (Phi) is 8.89. The Bertz CT molecular complexity index is 943. The molecule has 1 aliphatic rings. The fourth-order valence-electron chi connectivity index (χ4n) is 4.73. The summed E-state index contributed by atoms with van der Waals surface area (Å²) >= 11 is 0. The van der Waals surface area contributed by atoms with Crippen LogP contribution in [0.3, 0.4) is 0 Å². The first-order chi connectivity index (χ1) is 15.8. The number of anilines is 2. The van der Waals surface area contributed by atoms with Gasteiger partial charge in [-0.25, -0.2) is 0 Å². The average molecular weight is 451 g/mol. The second-order valence-electron chi connectivity index (χ2n) is 9.32. The van der Waals surface area contributed by atoms with Crippen molar-refractivity contribution in [3.05, 3.63) is 58.7 Å². The Balaban J connectivity index is 1.47. The van der Waals surface area contributed by atoms with Crippen molar-refractivity contribution in [3.63, 3.8) is 0 Å². The van der Waals surface area contributed by atoms with Crippen molar-refractivity contribution < 1.29 is 9.59 Å². The first-order valence-electron chi connectivity index (χ1n) is 12.0. The minimum absolute atomic E-state index is 0.0562. The summed E-state index contributed by atoms with van der Waals surface area (Å²) in [6.07, 6.45) is 6.49.